The molecule has 6 nitrogen and oxygen atoms in total. The Hall–Kier alpha value is -2.21. The lowest BCUT2D eigenvalue weighted by Crippen LogP contribution is -2.44. The number of pyridine rings is 1. The maximum Gasteiger partial charge on any atom is 0.230 e. The summed E-state index contributed by atoms with van der Waals surface area (Å²) in [5, 5.41) is 0. The molecule has 1 aromatic rings. The van der Waals surface area contributed by atoms with Gasteiger partial charge in [-0.2, -0.15) is 0 Å². The van der Waals surface area contributed by atoms with Crippen LogP contribution in [0.25, 0.3) is 0 Å². The molecule has 0 unspecified atom stereocenters. The summed E-state index contributed by atoms with van der Waals surface area (Å²) in [4.78, 5) is 34.2. The van der Waals surface area contributed by atoms with Gasteiger partial charge in [0.2, 0.25) is 11.8 Å². The van der Waals surface area contributed by atoms with Gasteiger partial charge in [0.15, 0.2) is 0 Å². The molecule has 0 aromatic carbocycles. The van der Waals surface area contributed by atoms with Crippen molar-refractivity contribution in [2.75, 3.05) is 20.1 Å². The molecule has 4 atom stereocenters. The Labute approximate surface area is 160 Å². The van der Waals surface area contributed by atoms with Crippen LogP contribution in [0.1, 0.15) is 26.0 Å². The molecule has 2 saturated heterocycles. The lowest BCUT2D eigenvalue weighted by molar-refractivity contribution is -0.142. The van der Waals surface area contributed by atoms with Crippen molar-refractivity contribution in [3.63, 3.8) is 0 Å². The highest BCUT2D eigenvalue weighted by atomic mass is 16.5. The van der Waals surface area contributed by atoms with Crippen molar-refractivity contribution < 1.29 is 14.3 Å². The molecule has 2 fully saturated rings. The van der Waals surface area contributed by atoms with E-state index >= 15 is 0 Å². The molecule has 1 spiro atoms. The van der Waals surface area contributed by atoms with Gasteiger partial charge in [-0.25, -0.2) is 0 Å². The minimum atomic E-state index is -0.620. The first-order chi connectivity index (χ1) is 12.9. The number of carbonyl (C=O) groups excluding carboxylic acids is 2. The summed E-state index contributed by atoms with van der Waals surface area (Å²) in [7, 11) is 1.77. The summed E-state index contributed by atoms with van der Waals surface area (Å²) in [6.45, 7) is 6.02. The van der Waals surface area contributed by atoms with Gasteiger partial charge in [0.05, 0.1) is 36.7 Å². The number of aromatic nitrogens is 1. The Morgan fingerprint density at radius 3 is 2.96 bits per heavy atom. The SMILES string of the molecule is CC(C)CCN1C[C@]23C=C[C@H](O2)[C@@H](C(=O)N(C)Cc2ccccn2)[C@@H]3C1=O. The van der Waals surface area contributed by atoms with E-state index in [0.717, 1.165) is 18.7 Å². The maximum absolute atomic E-state index is 13.2. The van der Waals surface area contributed by atoms with Crippen molar-refractivity contribution >= 4 is 11.8 Å². The van der Waals surface area contributed by atoms with Crippen LogP contribution in [-0.4, -0.2) is 58.4 Å². The third kappa shape index (κ3) is 3.06. The number of nitrogens with zero attached hydrogens (tertiary/aromatic N) is 3. The highest BCUT2D eigenvalue weighted by molar-refractivity contribution is 5.93. The topological polar surface area (TPSA) is 62.7 Å². The molecule has 3 aliphatic rings. The highest BCUT2D eigenvalue weighted by Gasteiger charge is 2.66. The van der Waals surface area contributed by atoms with E-state index in [1.165, 1.54) is 0 Å². The molecular formula is C21H27N3O3. The van der Waals surface area contributed by atoms with Gasteiger partial charge in [-0.1, -0.05) is 32.1 Å². The van der Waals surface area contributed by atoms with Crippen LogP contribution < -0.4 is 0 Å². The Balaban J connectivity index is 1.51. The average molecular weight is 369 g/mol. The second kappa shape index (κ2) is 6.75. The van der Waals surface area contributed by atoms with Crippen molar-refractivity contribution in [2.24, 2.45) is 17.8 Å². The molecule has 1 aromatic heterocycles. The van der Waals surface area contributed by atoms with E-state index in [0.29, 0.717) is 19.0 Å². The van der Waals surface area contributed by atoms with E-state index in [9.17, 15) is 9.59 Å². The first-order valence-corrected chi connectivity index (χ1v) is 9.72. The fourth-order valence-corrected chi connectivity index (χ4v) is 4.53. The third-order valence-corrected chi connectivity index (χ3v) is 5.94. The molecule has 2 amide bonds. The standard InChI is InChI=1S/C21H27N3O3/c1-14(2)8-11-24-13-21-9-7-16(27-21)17(18(21)20(24)26)19(25)23(3)12-15-6-4-5-10-22-15/h4-7,9-10,14,16-18H,8,11-13H2,1-3H3/t16-,17+,18+,21-/m0/s1. The maximum atomic E-state index is 13.2. The number of hydrogen-bond donors (Lipinski definition) is 0. The second-order valence-corrected chi connectivity index (χ2v) is 8.36. The second-order valence-electron chi connectivity index (χ2n) is 8.36. The molecule has 6 heteroatoms. The summed E-state index contributed by atoms with van der Waals surface area (Å²) in [5.74, 6) is -0.294. The Morgan fingerprint density at radius 2 is 2.26 bits per heavy atom. The van der Waals surface area contributed by atoms with Crippen LogP contribution in [0.15, 0.2) is 36.5 Å². The van der Waals surface area contributed by atoms with E-state index in [1.807, 2.05) is 35.3 Å². The van der Waals surface area contributed by atoms with E-state index in [4.69, 9.17) is 4.74 Å². The van der Waals surface area contributed by atoms with Crippen molar-refractivity contribution in [1.29, 1.82) is 0 Å². The fraction of sp³-hybridized carbons (Fsp3) is 0.571. The number of rotatable bonds is 6. The number of likely N-dealkylation sites (tertiary alicyclic amines) is 1. The average Bonchev–Trinajstić information content (AvgIpc) is 3.28. The lowest BCUT2D eigenvalue weighted by atomic mass is 9.76. The number of fused-ring (bicyclic) bond motifs is 1. The molecule has 144 valence electrons. The molecule has 0 saturated carbocycles. The van der Waals surface area contributed by atoms with Crippen molar-refractivity contribution in [2.45, 2.75) is 38.5 Å². The zero-order chi connectivity index (χ0) is 19.2. The summed E-state index contributed by atoms with van der Waals surface area (Å²) in [5.41, 5.74) is 0.212. The molecule has 4 heterocycles. The van der Waals surface area contributed by atoms with Crippen molar-refractivity contribution in [1.82, 2.24) is 14.8 Å². The van der Waals surface area contributed by atoms with Gasteiger partial charge in [0.1, 0.15) is 5.60 Å². The summed E-state index contributed by atoms with van der Waals surface area (Å²) in [6.07, 6.45) is 6.36. The summed E-state index contributed by atoms with van der Waals surface area (Å²) in [6, 6.07) is 5.66. The first kappa shape index (κ1) is 18.2. The highest BCUT2D eigenvalue weighted by Crippen LogP contribution is 2.52. The van der Waals surface area contributed by atoms with Gasteiger partial charge in [-0.15, -0.1) is 0 Å². The number of ether oxygens (including phenoxy) is 1. The van der Waals surface area contributed by atoms with Crippen LogP contribution in [0.2, 0.25) is 0 Å². The van der Waals surface area contributed by atoms with Crippen molar-refractivity contribution in [3.8, 4) is 0 Å². The molecule has 4 rings (SSSR count). The van der Waals surface area contributed by atoms with Crippen LogP contribution in [0.3, 0.4) is 0 Å². The fourth-order valence-electron chi connectivity index (χ4n) is 4.53. The zero-order valence-electron chi connectivity index (χ0n) is 16.2. The smallest absolute Gasteiger partial charge is 0.230 e. The van der Waals surface area contributed by atoms with Gasteiger partial charge in [0.25, 0.3) is 0 Å². The molecule has 27 heavy (non-hydrogen) atoms. The molecule has 3 aliphatic heterocycles. The van der Waals surface area contributed by atoms with Crippen molar-refractivity contribution in [3.05, 3.63) is 42.2 Å². The molecule has 0 radical (unpaired) electrons. The van der Waals surface area contributed by atoms with E-state index in [-0.39, 0.29) is 17.9 Å². The Bertz CT molecular complexity index is 763. The predicted octanol–water partition coefficient (Wildman–Crippen LogP) is 1.87. The van der Waals surface area contributed by atoms with E-state index in [1.54, 1.807) is 18.1 Å². The monoisotopic (exact) mass is 369 g/mol. The van der Waals surface area contributed by atoms with Crippen LogP contribution >= 0.6 is 0 Å². The van der Waals surface area contributed by atoms with E-state index < -0.39 is 17.4 Å². The molecular weight excluding hydrogens is 342 g/mol. The summed E-state index contributed by atoms with van der Waals surface area (Å²) >= 11 is 0. The number of amides is 2. The molecule has 0 N–H and O–H groups in total. The minimum Gasteiger partial charge on any atom is -0.360 e. The largest absolute Gasteiger partial charge is 0.360 e. The molecule has 2 bridgehead atoms. The van der Waals surface area contributed by atoms with Gasteiger partial charge in [0, 0.05) is 19.8 Å². The third-order valence-electron chi connectivity index (χ3n) is 5.94. The quantitative estimate of drug-likeness (QED) is 0.718. The lowest BCUT2D eigenvalue weighted by Gasteiger charge is -2.27. The predicted molar refractivity (Wildman–Crippen MR) is 100 cm³/mol. The summed E-state index contributed by atoms with van der Waals surface area (Å²) < 4.78 is 6.19. The number of hydrogen-bond acceptors (Lipinski definition) is 4. The van der Waals surface area contributed by atoms with Crippen LogP contribution in [0, 0.1) is 17.8 Å². The minimum absolute atomic E-state index is 0.0408. The molecule has 0 aliphatic carbocycles. The van der Waals surface area contributed by atoms with Gasteiger partial charge in [-0.05, 0) is 24.5 Å². The number of carbonyl (C=O) groups is 2. The normalized spacial score (nSPS) is 31.0. The van der Waals surface area contributed by atoms with Gasteiger partial charge in [-0.3, -0.25) is 14.6 Å². The van der Waals surface area contributed by atoms with Gasteiger partial charge < -0.3 is 14.5 Å². The van der Waals surface area contributed by atoms with Crippen LogP contribution in [0.4, 0.5) is 0 Å². The first-order valence-electron chi connectivity index (χ1n) is 9.72. The van der Waals surface area contributed by atoms with Crippen LogP contribution in [-0.2, 0) is 20.9 Å². The Morgan fingerprint density at radius 1 is 1.44 bits per heavy atom. The van der Waals surface area contributed by atoms with E-state index in [2.05, 4.69) is 18.8 Å². The van der Waals surface area contributed by atoms with Gasteiger partial charge >= 0.3 is 0 Å². The Kier molecular flexibility index (Phi) is 4.54. The zero-order valence-corrected chi connectivity index (χ0v) is 16.2. The van der Waals surface area contributed by atoms with Crippen LogP contribution in [0.5, 0.6) is 0 Å².